The van der Waals surface area contributed by atoms with Crippen molar-refractivity contribution in [2.24, 2.45) is 0 Å². The highest BCUT2D eigenvalue weighted by Crippen LogP contribution is 2.42. The molecule has 136 valence electrons. The number of nitrogens with one attached hydrogen (secondary N) is 1. The lowest BCUT2D eigenvalue weighted by Gasteiger charge is -2.18. The van der Waals surface area contributed by atoms with E-state index in [1.54, 1.807) is 0 Å². The van der Waals surface area contributed by atoms with E-state index in [1.807, 2.05) is 18.2 Å². The van der Waals surface area contributed by atoms with Gasteiger partial charge in [-0.05, 0) is 36.2 Å². The highest BCUT2D eigenvalue weighted by Gasteiger charge is 2.43. The lowest BCUT2D eigenvalue weighted by Crippen LogP contribution is -2.25. The van der Waals surface area contributed by atoms with Gasteiger partial charge in [-0.1, -0.05) is 6.07 Å². The maximum Gasteiger partial charge on any atom is 0.586 e. The molecule has 2 aromatic rings. The number of benzene rings is 2. The van der Waals surface area contributed by atoms with Crippen LogP contribution in [0.25, 0.3) is 0 Å². The smallest absolute Gasteiger partial charge is 0.486 e. The molecule has 0 radical (unpaired) electrons. The van der Waals surface area contributed by atoms with Crippen LogP contribution in [0.1, 0.15) is 12.0 Å². The molecule has 1 N–H and O–H groups in total. The lowest BCUT2D eigenvalue weighted by molar-refractivity contribution is -0.286. The van der Waals surface area contributed by atoms with Gasteiger partial charge in [0, 0.05) is 18.2 Å². The quantitative estimate of drug-likeness (QED) is 0.902. The molecule has 2 aromatic carbocycles. The van der Waals surface area contributed by atoms with Crippen LogP contribution in [0.2, 0.25) is 0 Å². The lowest BCUT2D eigenvalue weighted by atomic mass is 10.1. The first-order valence-corrected chi connectivity index (χ1v) is 8.07. The molecule has 0 spiro atoms. The second-order valence-electron chi connectivity index (χ2n) is 5.86. The molecule has 6 nitrogen and oxygen atoms in total. The standard InChI is InChI=1S/C18H15F2NO5/c19-18(20)25-14-5-3-12(10-16(14)26-18)21-17(22)6-2-11-1-4-13-15(9-11)24-8-7-23-13/h1,3-5,9-10H,2,6-8H2,(H,21,22). The van der Waals surface area contributed by atoms with Crippen molar-refractivity contribution in [3.8, 4) is 23.0 Å². The first-order chi connectivity index (χ1) is 12.5. The zero-order valence-electron chi connectivity index (χ0n) is 13.6. The van der Waals surface area contributed by atoms with E-state index in [2.05, 4.69) is 14.8 Å². The number of carbonyl (C=O) groups excluding carboxylic acids is 1. The van der Waals surface area contributed by atoms with Gasteiger partial charge in [-0.25, -0.2) is 0 Å². The Kier molecular flexibility index (Phi) is 4.02. The highest BCUT2D eigenvalue weighted by molar-refractivity contribution is 5.91. The second-order valence-corrected chi connectivity index (χ2v) is 5.86. The molecular weight excluding hydrogens is 348 g/mol. The predicted octanol–water partition coefficient (Wildman–Crippen LogP) is 3.35. The third-order valence-electron chi connectivity index (χ3n) is 3.93. The van der Waals surface area contributed by atoms with Crippen molar-refractivity contribution in [3.63, 3.8) is 0 Å². The van der Waals surface area contributed by atoms with Crippen LogP contribution in [-0.2, 0) is 11.2 Å². The minimum Gasteiger partial charge on any atom is -0.486 e. The van der Waals surface area contributed by atoms with Gasteiger partial charge in [0.15, 0.2) is 23.0 Å². The number of carbonyl (C=O) groups is 1. The molecule has 2 heterocycles. The molecule has 2 aliphatic rings. The van der Waals surface area contributed by atoms with Crippen LogP contribution in [0.5, 0.6) is 23.0 Å². The highest BCUT2D eigenvalue weighted by atomic mass is 19.3. The summed E-state index contributed by atoms with van der Waals surface area (Å²) >= 11 is 0. The Morgan fingerprint density at radius 1 is 0.962 bits per heavy atom. The predicted molar refractivity (Wildman–Crippen MR) is 87.0 cm³/mol. The van der Waals surface area contributed by atoms with Crippen LogP contribution >= 0.6 is 0 Å². The summed E-state index contributed by atoms with van der Waals surface area (Å²) in [5, 5.41) is 2.66. The molecule has 26 heavy (non-hydrogen) atoms. The number of anilines is 1. The van der Waals surface area contributed by atoms with Crippen LogP contribution in [0, 0.1) is 0 Å². The van der Waals surface area contributed by atoms with Gasteiger partial charge in [-0.2, -0.15) is 0 Å². The number of halogens is 2. The molecule has 4 rings (SSSR count). The molecule has 0 atom stereocenters. The van der Waals surface area contributed by atoms with Gasteiger partial charge in [0.05, 0.1) is 0 Å². The van der Waals surface area contributed by atoms with E-state index in [0.717, 1.165) is 5.56 Å². The van der Waals surface area contributed by atoms with Crippen LogP contribution < -0.4 is 24.3 Å². The van der Waals surface area contributed by atoms with Crippen LogP contribution in [0.4, 0.5) is 14.5 Å². The summed E-state index contributed by atoms with van der Waals surface area (Å²) < 4.78 is 45.7. The van der Waals surface area contributed by atoms with Crippen molar-refractivity contribution in [1.82, 2.24) is 0 Å². The summed E-state index contributed by atoms with van der Waals surface area (Å²) in [6.45, 7) is 1.02. The maximum absolute atomic E-state index is 13.0. The molecule has 0 unspecified atom stereocenters. The Hall–Kier alpha value is -3.03. The monoisotopic (exact) mass is 363 g/mol. The van der Waals surface area contributed by atoms with Gasteiger partial charge in [0.1, 0.15) is 13.2 Å². The van der Waals surface area contributed by atoms with Crippen LogP contribution in [0.3, 0.4) is 0 Å². The van der Waals surface area contributed by atoms with E-state index < -0.39 is 6.29 Å². The first kappa shape index (κ1) is 16.4. The third kappa shape index (κ3) is 3.49. The first-order valence-electron chi connectivity index (χ1n) is 8.07. The van der Waals surface area contributed by atoms with E-state index in [0.29, 0.717) is 36.8 Å². The van der Waals surface area contributed by atoms with Crippen molar-refractivity contribution in [2.75, 3.05) is 18.5 Å². The van der Waals surface area contributed by atoms with Gasteiger partial charge in [-0.3, -0.25) is 4.79 Å². The Morgan fingerprint density at radius 2 is 1.69 bits per heavy atom. The number of fused-ring (bicyclic) bond motifs is 2. The zero-order chi connectivity index (χ0) is 18.1. The van der Waals surface area contributed by atoms with E-state index in [9.17, 15) is 13.6 Å². The Bertz CT molecular complexity index is 855. The summed E-state index contributed by atoms with van der Waals surface area (Å²) in [6.07, 6.45) is -2.95. The van der Waals surface area contributed by atoms with Crippen LogP contribution in [0.15, 0.2) is 36.4 Å². The summed E-state index contributed by atoms with van der Waals surface area (Å²) in [5.74, 6) is 0.946. The second kappa shape index (κ2) is 6.36. The Balaban J connectivity index is 1.35. The van der Waals surface area contributed by atoms with Gasteiger partial charge in [0.25, 0.3) is 0 Å². The average molecular weight is 363 g/mol. The minimum atomic E-state index is -3.68. The normalized spacial score (nSPS) is 16.2. The summed E-state index contributed by atoms with van der Waals surface area (Å²) in [4.78, 5) is 12.1. The van der Waals surface area contributed by atoms with E-state index in [-0.39, 0.29) is 23.8 Å². The number of ether oxygens (including phenoxy) is 4. The van der Waals surface area contributed by atoms with Crippen molar-refractivity contribution < 1.29 is 32.5 Å². The van der Waals surface area contributed by atoms with Crippen molar-refractivity contribution in [2.45, 2.75) is 19.1 Å². The molecule has 8 heteroatoms. The number of rotatable bonds is 4. The maximum atomic E-state index is 13.0. The Morgan fingerprint density at radius 3 is 2.54 bits per heavy atom. The molecule has 2 aliphatic heterocycles. The molecule has 0 fully saturated rings. The molecule has 0 aromatic heterocycles. The Labute approximate surface area is 147 Å². The topological polar surface area (TPSA) is 66.0 Å². The fraction of sp³-hybridized carbons (Fsp3) is 0.278. The molecule has 0 saturated heterocycles. The molecular formula is C18H15F2NO5. The molecule has 1 amide bonds. The number of aryl methyl sites for hydroxylation is 1. The van der Waals surface area contributed by atoms with Gasteiger partial charge < -0.3 is 24.3 Å². The summed E-state index contributed by atoms with van der Waals surface area (Å²) in [7, 11) is 0. The largest absolute Gasteiger partial charge is 0.586 e. The fourth-order valence-corrected chi connectivity index (χ4v) is 2.75. The van der Waals surface area contributed by atoms with Gasteiger partial charge in [0.2, 0.25) is 5.91 Å². The molecule has 0 bridgehead atoms. The van der Waals surface area contributed by atoms with E-state index in [4.69, 9.17) is 9.47 Å². The minimum absolute atomic E-state index is 0.0655. The van der Waals surface area contributed by atoms with Gasteiger partial charge in [-0.15, -0.1) is 8.78 Å². The van der Waals surface area contributed by atoms with Gasteiger partial charge >= 0.3 is 6.29 Å². The SMILES string of the molecule is O=C(CCc1ccc2c(c1)OCCO2)Nc1ccc2c(c1)OC(F)(F)O2. The van der Waals surface area contributed by atoms with Crippen molar-refractivity contribution >= 4 is 11.6 Å². The van der Waals surface area contributed by atoms with E-state index in [1.165, 1.54) is 18.2 Å². The number of amides is 1. The number of alkyl halides is 2. The summed E-state index contributed by atoms with van der Waals surface area (Å²) in [5.41, 5.74) is 1.30. The molecule has 0 saturated carbocycles. The van der Waals surface area contributed by atoms with E-state index >= 15 is 0 Å². The zero-order valence-corrected chi connectivity index (χ0v) is 13.6. The van der Waals surface area contributed by atoms with Crippen molar-refractivity contribution in [1.29, 1.82) is 0 Å². The molecule has 0 aliphatic carbocycles. The average Bonchev–Trinajstić information content (AvgIpc) is 2.93. The third-order valence-corrected chi connectivity index (χ3v) is 3.93. The van der Waals surface area contributed by atoms with Crippen molar-refractivity contribution in [3.05, 3.63) is 42.0 Å². The number of hydrogen-bond acceptors (Lipinski definition) is 5. The van der Waals surface area contributed by atoms with Crippen LogP contribution in [-0.4, -0.2) is 25.4 Å². The number of hydrogen-bond donors (Lipinski definition) is 1. The summed E-state index contributed by atoms with van der Waals surface area (Å²) in [6, 6.07) is 9.66. The fourth-order valence-electron chi connectivity index (χ4n) is 2.75.